The van der Waals surface area contributed by atoms with Gasteiger partial charge in [0.25, 0.3) is 0 Å². The second-order valence-electron chi connectivity index (χ2n) is 9.88. The van der Waals surface area contributed by atoms with Gasteiger partial charge in [0.1, 0.15) is 64.7 Å². The van der Waals surface area contributed by atoms with E-state index in [1.54, 1.807) is 0 Å². The molecule has 0 radical (unpaired) electrons. The fourth-order valence-corrected chi connectivity index (χ4v) is 4.91. The highest BCUT2D eigenvalue weighted by atomic mass is 16.8. The Hall–Kier alpha value is -3.25. The third-order valence-electron chi connectivity index (χ3n) is 7.19. The number of methoxy groups -OCH3 is 1. The lowest BCUT2D eigenvalue weighted by atomic mass is 9.97. The van der Waals surface area contributed by atoms with Gasteiger partial charge in [-0.3, -0.25) is 4.79 Å². The summed E-state index contributed by atoms with van der Waals surface area (Å²) in [5.74, 6) is -0.973. The molecule has 3 heterocycles. The van der Waals surface area contributed by atoms with Crippen LogP contribution in [0.3, 0.4) is 0 Å². The maximum Gasteiger partial charge on any atom is 0.229 e. The molecule has 2 aromatic carbocycles. The minimum Gasteiger partial charge on any atom is -0.508 e. The van der Waals surface area contributed by atoms with E-state index in [2.05, 4.69) is 0 Å². The fourth-order valence-electron chi connectivity index (χ4n) is 4.91. The Labute approximate surface area is 230 Å². The molecular formula is C26H30O15. The molecule has 10 atom stereocenters. The number of hydrogen-bond donors (Lipinski definition) is 8. The van der Waals surface area contributed by atoms with Gasteiger partial charge in [0.15, 0.2) is 23.9 Å². The smallest absolute Gasteiger partial charge is 0.229 e. The molecule has 2 fully saturated rings. The molecule has 15 nitrogen and oxygen atoms in total. The number of hydrogen-bond acceptors (Lipinski definition) is 15. The van der Waals surface area contributed by atoms with Gasteiger partial charge in [-0.15, -0.1) is 0 Å². The van der Waals surface area contributed by atoms with Gasteiger partial charge in [0, 0.05) is 18.2 Å². The first-order valence-electron chi connectivity index (χ1n) is 12.6. The van der Waals surface area contributed by atoms with Gasteiger partial charge in [-0.1, -0.05) is 0 Å². The van der Waals surface area contributed by atoms with E-state index < -0.39 is 79.2 Å². The topological polar surface area (TPSA) is 238 Å². The largest absolute Gasteiger partial charge is 0.508 e. The number of phenols is 2. The van der Waals surface area contributed by atoms with Crippen LogP contribution in [0.1, 0.15) is 6.92 Å². The number of aliphatic hydroxyl groups excluding tert-OH is 6. The summed E-state index contributed by atoms with van der Waals surface area (Å²) in [7, 11) is 1.28. The molecule has 224 valence electrons. The molecule has 2 aliphatic rings. The quantitative estimate of drug-likeness (QED) is 0.153. The van der Waals surface area contributed by atoms with Crippen molar-refractivity contribution in [2.24, 2.45) is 0 Å². The van der Waals surface area contributed by atoms with E-state index in [4.69, 9.17) is 28.1 Å². The van der Waals surface area contributed by atoms with Crippen molar-refractivity contribution in [3.05, 3.63) is 34.5 Å². The number of aliphatic hydroxyl groups is 6. The average Bonchev–Trinajstić information content (AvgIpc) is 2.93. The fraction of sp³-hybridized carbons (Fsp3) is 0.500. The summed E-state index contributed by atoms with van der Waals surface area (Å²) >= 11 is 0. The van der Waals surface area contributed by atoms with Gasteiger partial charge in [0.05, 0.1) is 25.2 Å². The van der Waals surface area contributed by atoms with Gasteiger partial charge in [0.2, 0.25) is 11.7 Å². The Bertz CT molecular complexity index is 1470. The standard InChI is InChI=1S/C26H30O15/c1-8-18(30)21(33)23(35)25(37-8)41-24-22(34)20(32)16(7-27)40-26(24)39-14-6-12-10(5-13(14)36-2)19(31)17-11(29)3-9(28)4-15(17)38-12/h3-6,8,16,18,20-30,32-35H,7H2,1-2H3/t8-,16-,18-,20-,21+,22+,23-,24-,25+,26+/m0/s1. The van der Waals surface area contributed by atoms with Gasteiger partial charge >= 0.3 is 0 Å². The van der Waals surface area contributed by atoms with Crippen LogP contribution in [0.4, 0.5) is 0 Å². The highest BCUT2D eigenvalue weighted by molar-refractivity contribution is 5.94. The molecule has 0 bridgehead atoms. The Morgan fingerprint density at radius 1 is 0.829 bits per heavy atom. The van der Waals surface area contributed by atoms with Crippen molar-refractivity contribution in [1.29, 1.82) is 0 Å². The Balaban J connectivity index is 1.53. The zero-order chi connectivity index (χ0) is 29.7. The van der Waals surface area contributed by atoms with Crippen molar-refractivity contribution >= 4 is 21.9 Å². The van der Waals surface area contributed by atoms with Crippen LogP contribution in [-0.4, -0.2) is 116 Å². The van der Waals surface area contributed by atoms with Crippen molar-refractivity contribution in [3.8, 4) is 23.0 Å². The van der Waals surface area contributed by atoms with Crippen LogP contribution in [0.25, 0.3) is 21.9 Å². The number of benzene rings is 2. The Morgan fingerprint density at radius 3 is 2.24 bits per heavy atom. The van der Waals surface area contributed by atoms with E-state index in [1.807, 2.05) is 0 Å². The number of ether oxygens (including phenoxy) is 5. The zero-order valence-electron chi connectivity index (χ0n) is 21.7. The molecule has 0 spiro atoms. The lowest BCUT2D eigenvalue weighted by molar-refractivity contribution is -0.354. The maximum absolute atomic E-state index is 13.1. The molecule has 41 heavy (non-hydrogen) atoms. The number of phenolic OH excluding ortho intramolecular Hbond substituents is 2. The van der Waals surface area contributed by atoms with E-state index in [1.165, 1.54) is 26.2 Å². The maximum atomic E-state index is 13.1. The molecule has 0 amide bonds. The van der Waals surface area contributed by atoms with Crippen LogP contribution >= 0.6 is 0 Å². The minimum atomic E-state index is -1.76. The Kier molecular flexibility index (Phi) is 7.99. The van der Waals surface area contributed by atoms with Crippen molar-refractivity contribution < 1.29 is 69.0 Å². The molecule has 15 heteroatoms. The third kappa shape index (κ3) is 5.16. The van der Waals surface area contributed by atoms with Crippen LogP contribution in [0.15, 0.2) is 33.5 Å². The Morgan fingerprint density at radius 2 is 1.56 bits per heavy atom. The molecule has 2 aliphatic heterocycles. The number of fused-ring (bicyclic) bond motifs is 2. The lowest BCUT2D eigenvalue weighted by Crippen LogP contribution is -2.64. The molecule has 0 aliphatic carbocycles. The lowest BCUT2D eigenvalue weighted by Gasteiger charge is -2.45. The van der Waals surface area contributed by atoms with Gasteiger partial charge in [-0.2, -0.15) is 0 Å². The summed E-state index contributed by atoms with van der Waals surface area (Å²) in [6.07, 6.45) is -15.4. The van der Waals surface area contributed by atoms with Crippen LogP contribution in [0.2, 0.25) is 0 Å². The van der Waals surface area contributed by atoms with E-state index in [-0.39, 0.29) is 39.2 Å². The normalized spacial score (nSPS) is 34.1. The van der Waals surface area contributed by atoms with Crippen molar-refractivity contribution in [1.82, 2.24) is 0 Å². The second kappa shape index (κ2) is 11.2. The summed E-state index contributed by atoms with van der Waals surface area (Å²) in [6.45, 7) is 0.698. The summed E-state index contributed by atoms with van der Waals surface area (Å²) in [6, 6.07) is 4.64. The SMILES string of the molecule is COc1cc2c(=O)c3c(O)cc(O)cc3oc2cc1O[C@@H]1O[C@@H](CO)[C@H](O)[C@@H](O)[C@@H]1O[C@H]1O[C@@H](C)[C@H](O)[C@@H](O)[C@@H]1O. The third-order valence-corrected chi connectivity index (χ3v) is 7.19. The van der Waals surface area contributed by atoms with Crippen LogP contribution in [-0.2, 0) is 14.2 Å². The molecule has 1 aromatic heterocycles. The van der Waals surface area contributed by atoms with Crippen LogP contribution < -0.4 is 14.9 Å². The average molecular weight is 583 g/mol. The number of rotatable bonds is 6. The second-order valence-corrected chi connectivity index (χ2v) is 9.88. The van der Waals surface area contributed by atoms with E-state index in [9.17, 15) is 45.6 Å². The molecule has 8 N–H and O–H groups in total. The van der Waals surface area contributed by atoms with Gasteiger partial charge < -0.3 is 69.0 Å². The highest BCUT2D eigenvalue weighted by Gasteiger charge is 2.51. The minimum absolute atomic E-state index is 0.0102. The summed E-state index contributed by atoms with van der Waals surface area (Å²) in [5, 5.41) is 81.4. The van der Waals surface area contributed by atoms with Crippen molar-refractivity contribution in [3.63, 3.8) is 0 Å². The molecule has 0 unspecified atom stereocenters. The summed E-state index contributed by atoms with van der Waals surface area (Å²) < 4.78 is 33.8. The predicted octanol–water partition coefficient (Wildman–Crippen LogP) is -1.60. The first kappa shape index (κ1) is 29.2. The monoisotopic (exact) mass is 582 g/mol. The molecular weight excluding hydrogens is 552 g/mol. The van der Waals surface area contributed by atoms with Crippen LogP contribution in [0.5, 0.6) is 23.0 Å². The summed E-state index contributed by atoms with van der Waals surface area (Å²) in [4.78, 5) is 13.1. The molecule has 5 rings (SSSR count). The van der Waals surface area contributed by atoms with E-state index >= 15 is 0 Å². The highest BCUT2D eigenvalue weighted by Crippen LogP contribution is 2.38. The predicted molar refractivity (Wildman–Crippen MR) is 135 cm³/mol. The van der Waals surface area contributed by atoms with E-state index in [0.717, 1.165) is 12.1 Å². The molecule has 2 saturated heterocycles. The first-order chi connectivity index (χ1) is 19.4. The van der Waals surface area contributed by atoms with Crippen LogP contribution in [0, 0.1) is 0 Å². The van der Waals surface area contributed by atoms with Crippen molar-refractivity contribution in [2.75, 3.05) is 13.7 Å². The summed E-state index contributed by atoms with van der Waals surface area (Å²) in [5.41, 5.74) is -0.799. The van der Waals surface area contributed by atoms with Gasteiger partial charge in [-0.25, -0.2) is 0 Å². The van der Waals surface area contributed by atoms with Gasteiger partial charge in [-0.05, 0) is 13.0 Å². The molecule has 3 aromatic rings. The van der Waals surface area contributed by atoms with E-state index in [0.29, 0.717) is 0 Å². The molecule has 0 saturated carbocycles. The zero-order valence-corrected chi connectivity index (χ0v) is 21.7. The van der Waals surface area contributed by atoms with Crippen molar-refractivity contribution in [2.45, 2.75) is 68.3 Å². The first-order valence-corrected chi connectivity index (χ1v) is 12.6. The number of aromatic hydroxyl groups is 2.